The van der Waals surface area contributed by atoms with Gasteiger partial charge in [0.25, 0.3) is 0 Å². The first-order valence-electron chi connectivity index (χ1n) is 10.3. The maximum absolute atomic E-state index is 4.97. The zero-order valence-electron chi connectivity index (χ0n) is 16.9. The van der Waals surface area contributed by atoms with Gasteiger partial charge in [-0.15, -0.1) is 5.10 Å². The van der Waals surface area contributed by atoms with Crippen molar-refractivity contribution in [2.24, 2.45) is 7.05 Å². The molecular formula is C22H23N7. The highest BCUT2D eigenvalue weighted by molar-refractivity contribution is 5.76. The van der Waals surface area contributed by atoms with Gasteiger partial charge in [-0.3, -0.25) is 0 Å². The summed E-state index contributed by atoms with van der Waals surface area (Å²) in [6, 6.07) is 10.4. The number of aryl methyl sites for hydroxylation is 3. The average molecular weight is 385 g/mol. The van der Waals surface area contributed by atoms with Crippen molar-refractivity contribution in [1.82, 2.24) is 34.3 Å². The molecule has 2 aliphatic rings. The van der Waals surface area contributed by atoms with Crippen LogP contribution in [0.15, 0.2) is 30.3 Å². The normalized spacial score (nSPS) is 21.1. The minimum absolute atomic E-state index is 0.384. The van der Waals surface area contributed by atoms with Crippen molar-refractivity contribution in [2.45, 2.75) is 50.9 Å². The molecule has 6 rings (SSSR count). The fourth-order valence-electron chi connectivity index (χ4n) is 4.34. The van der Waals surface area contributed by atoms with E-state index in [4.69, 9.17) is 15.0 Å². The van der Waals surface area contributed by atoms with Crippen LogP contribution in [0.1, 0.15) is 66.0 Å². The molecule has 3 aromatic heterocycles. The van der Waals surface area contributed by atoms with Crippen molar-refractivity contribution < 1.29 is 0 Å². The molecule has 0 radical (unpaired) electrons. The van der Waals surface area contributed by atoms with Gasteiger partial charge in [0, 0.05) is 30.9 Å². The molecule has 0 aliphatic heterocycles. The summed E-state index contributed by atoms with van der Waals surface area (Å²) in [6.07, 6.45) is 3.43. The zero-order valence-corrected chi connectivity index (χ0v) is 16.9. The molecule has 7 heteroatoms. The van der Waals surface area contributed by atoms with Crippen LogP contribution in [-0.4, -0.2) is 34.3 Å². The molecule has 2 fully saturated rings. The smallest absolute Gasteiger partial charge is 0.159 e. The number of fused-ring (bicyclic) bond motifs is 1. The lowest BCUT2D eigenvalue weighted by Crippen LogP contribution is -2.08. The Hall–Kier alpha value is -3.09. The Balaban J connectivity index is 1.39. The van der Waals surface area contributed by atoms with Crippen LogP contribution in [0.25, 0.3) is 16.9 Å². The van der Waals surface area contributed by atoms with E-state index in [1.165, 1.54) is 18.4 Å². The fourth-order valence-corrected chi connectivity index (χ4v) is 4.34. The minimum atomic E-state index is 0.384. The van der Waals surface area contributed by atoms with Gasteiger partial charge in [0.15, 0.2) is 5.82 Å². The van der Waals surface area contributed by atoms with Gasteiger partial charge in [-0.1, -0.05) is 12.1 Å². The summed E-state index contributed by atoms with van der Waals surface area (Å²) in [4.78, 5) is 19.2. The predicted octanol–water partition coefficient (Wildman–Crippen LogP) is 3.71. The fraction of sp³-hybridized carbons (Fsp3) is 0.409. The van der Waals surface area contributed by atoms with E-state index in [0.29, 0.717) is 17.8 Å². The Morgan fingerprint density at radius 1 is 0.966 bits per heavy atom. The molecule has 0 bridgehead atoms. The van der Waals surface area contributed by atoms with E-state index in [1.807, 2.05) is 24.6 Å². The number of imidazole rings is 1. The lowest BCUT2D eigenvalue weighted by atomic mass is 10.2. The van der Waals surface area contributed by atoms with Gasteiger partial charge in [0.2, 0.25) is 0 Å². The molecule has 4 aromatic rings. The van der Waals surface area contributed by atoms with E-state index in [-0.39, 0.29) is 0 Å². The molecule has 0 N–H and O–H groups in total. The summed E-state index contributed by atoms with van der Waals surface area (Å²) in [6.45, 7) is 3.88. The Bertz CT molecular complexity index is 1250. The van der Waals surface area contributed by atoms with Crippen LogP contribution in [0.5, 0.6) is 0 Å². The van der Waals surface area contributed by atoms with Crippen molar-refractivity contribution >= 4 is 11.0 Å². The van der Waals surface area contributed by atoms with Crippen molar-refractivity contribution in [3.8, 4) is 5.82 Å². The van der Waals surface area contributed by atoms with Gasteiger partial charge in [-0.05, 0) is 45.2 Å². The molecule has 0 saturated heterocycles. The predicted molar refractivity (Wildman–Crippen MR) is 109 cm³/mol. The average Bonchev–Trinajstić information content (AvgIpc) is 3.63. The lowest BCUT2D eigenvalue weighted by molar-refractivity contribution is 0.755. The highest BCUT2D eigenvalue weighted by Gasteiger charge is 2.44. The molecule has 0 amide bonds. The van der Waals surface area contributed by atoms with Crippen LogP contribution in [0.3, 0.4) is 0 Å². The number of benzene rings is 1. The van der Waals surface area contributed by atoms with Crippen LogP contribution in [0.2, 0.25) is 0 Å². The molecule has 1 aromatic carbocycles. The largest absolute Gasteiger partial charge is 0.331 e. The molecular weight excluding hydrogens is 362 g/mol. The molecule has 146 valence electrons. The van der Waals surface area contributed by atoms with Crippen molar-refractivity contribution in [1.29, 1.82) is 0 Å². The molecule has 3 heterocycles. The summed E-state index contributed by atoms with van der Waals surface area (Å²) in [5.41, 5.74) is 3.36. The number of para-hydroxylation sites is 2. The molecule has 2 aliphatic carbocycles. The Kier molecular flexibility index (Phi) is 3.45. The van der Waals surface area contributed by atoms with Crippen LogP contribution in [-0.2, 0) is 7.05 Å². The second-order valence-corrected chi connectivity index (χ2v) is 8.37. The third kappa shape index (κ3) is 2.75. The highest BCUT2D eigenvalue weighted by atomic mass is 15.4. The van der Waals surface area contributed by atoms with E-state index in [1.54, 1.807) is 0 Å². The van der Waals surface area contributed by atoms with Crippen molar-refractivity contribution in [3.63, 3.8) is 0 Å². The van der Waals surface area contributed by atoms with Gasteiger partial charge < -0.3 is 4.57 Å². The Labute approximate surface area is 168 Å². The first-order chi connectivity index (χ1) is 14.1. The Morgan fingerprint density at radius 2 is 1.79 bits per heavy atom. The van der Waals surface area contributed by atoms with E-state index >= 15 is 0 Å². The van der Waals surface area contributed by atoms with Gasteiger partial charge in [-0.25, -0.2) is 19.9 Å². The molecule has 7 nitrogen and oxygen atoms in total. The van der Waals surface area contributed by atoms with Crippen LogP contribution < -0.4 is 0 Å². The Morgan fingerprint density at radius 3 is 2.52 bits per heavy atom. The van der Waals surface area contributed by atoms with Crippen LogP contribution >= 0.6 is 0 Å². The maximum Gasteiger partial charge on any atom is 0.159 e. The summed E-state index contributed by atoms with van der Waals surface area (Å²) in [7, 11) is 2.11. The van der Waals surface area contributed by atoms with E-state index in [2.05, 4.69) is 46.0 Å². The second kappa shape index (κ2) is 5.95. The van der Waals surface area contributed by atoms with E-state index in [9.17, 15) is 0 Å². The summed E-state index contributed by atoms with van der Waals surface area (Å²) >= 11 is 0. The van der Waals surface area contributed by atoms with E-state index < -0.39 is 0 Å². The van der Waals surface area contributed by atoms with Crippen LogP contribution in [0.4, 0.5) is 0 Å². The number of nitrogens with zero attached hydrogens (tertiary/aromatic N) is 7. The first kappa shape index (κ1) is 16.8. The van der Waals surface area contributed by atoms with Crippen LogP contribution in [0, 0.1) is 13.8 Å². The topological polar surface area (TPSA) is 74.3 Å². The van der Waals surface area contributed by atoms with Gasteiger partial charge in [0.1, 0.15) is 23.3 Å². The summed E-state index contributed by atoms with van der Waals surface area (Å²) < 4.78 is 4.08. The van der Waals surface area contributed by atoms with Gasteiger partial charge >= 0.3 is 0 Å². The minimum Gasteiger partial charge on any atom is -0.331 e. The van der Waals surface area contributed by atoms with E-state index in [0.717, 1.165) is 46.7 Å². The van der Waals surface area contributed by atoms with Gasteiger partial charge in [-0.2, -0.15) is 4.68 Å². The zero-order chi connectivity index (χ0) is 19.7. The maximum atomic E-state index is 4.97. The SMILES string of the molecule is Cc1nc(C)n(-c2cc(C3CC3c3nc4ccccc4n3C)nc(C3CC3)n2)n1. The molecule has 0 spiro atoms. The first-order valence-corrected chi connectivity index (χ1v) is 10.3. The third-order valence-electron chi connectivity index (χ3n) is 6.11. The quantitative estimate of drug-likeness (QED) is 0.535. The van der Waals surface area contributed by atoms with Crippen molar-refractivity contribution in [2.75, 3.05) is 0 Å². The lowest BCUT2D eigenvalue weighted by Gasteiger charge is -2.09. The molecule has 2 unspecified atom stereocenters. The molecule has 2 atom stereocenters. The number of hydrogen-bond donors (Lipinski definition) is 0. The molecule has 29 heavy (non-hydrogen) atoms. The monoisotopic (exact) mass is 385 g/mol. The van der Waals surface area contributed by atoms with Gasteiger partial charge in [0.05, 0.1) is 16.7 Å². The third-order valence-corrected chi connectivity index (χ3v) is 6.11. The number of aromatic nitrogens is 7. The molecule has 2 saturated carbocycles. The van der Waals surface area contributed by atoms with Crippen molar-refractivity contribution in [3.05, 3.63) is 59.3 Å². The summed E-state index contributed by atoms with van der Waals surface area (Å²) in [5, 5.41) is 4.54. The number of rotatable bonds is 4. The highest BCUT2D eigenvalue weighted by Crippen LogP contribution is 2.54. The second-order valence-electron chi connectivity index (χ2n) is 8.37. The summed E-state index contributed by atoms with van der Waals surface area (Å²) in [5.74, 6) is 5.85. The number of hydrogen-bond acceptors (Lipinski definition) is 5. The standard InChI is InChI=1S/C22H23N7/c1-12-23-13(2)29(27-12)20-11-18(24-21(26-20)14-8-9-14)15-10-16(15)22-25-17-6-4-5-7-19(17)28(22)3/h4-7,11,14-16H,8-10H2,1-3H3.